The molecule has 1 heterocycles. The summed E-state index contributed by atoms with van der Waals surface area (Å²) in [5.41, 5.74) is 0. The summed E-state index contributed by atoms with van der Waals surface area (Å²) in [4.78, 5) is 8.74. The Morgan fingerprint density at radius 2 is 2.00 bits per heavy atom. The van der Waals surface area contributed by atoms with Crippen molar-refractivity contribution in [2.45, 2.75) is 51.5 Å². The van der Waals surface area contributed by atoms with Crippen LogP contribution in [-0.2, 0) is 0 Å². The number of nitrogens with one attached hydrogen (secondary N) is 1. The van der Waals surface area contributed by atoms with Gasteiger partial charge in [0.15, 0.2) is 0 Å². The molecule has 0 radical (unpaired) electrons. The first-order valence-electron chi connectivity index (χ1n) is 7.00. The zero-order valence-electron chi connectivity index (χ0n) is 11.6. The van der Waals surface area contributed by atoms with Crippen molar-refractivity contribution in [3.63, 3.8) is 0 Å². The molecule has 0 bridgehead atoms. The van der Waals surface area contributed by atoms with E-state index in [-0.39, 0.29) is 5.92 Å². The maximum atomic E-state index is 9.14. The van der Waals surface area contributed by atoms with Gasteiger partial charge in [-0.15, -0.1) is 0 Å². The van der Waals surface area contributed by atoms with Gasteiger partial charge in [-0.25, -0.2) is 9.97 Å². The fourth-order valence-electron chi connectivity index (χ4n) is 2.47. The second kappa shape index (κ2) is 6.53. The predicted octanol–water partition coefficient (Wildman–Crippen LogP) is 3.22. The Kier molecular flexibility index (Phi) is 4.99. The summed E-state index contributed by atoms with van der Waals surface area (Å²) in [6.07, 6.45) is 4.29. The molecule has 0 saturated heterocycles. The maximum Gasteiger partial charge on any atom is 0.135 e. The topological polar surface area (TPSA) is 58.0 Å². The molecule has 0 atom stereocenters. The summed E-state index contributed by atoms with van der Waals surface area (Å²) in [7, 11) is 0. The highest BCUT2D eigenvalue weighted by molar-refractivity contribution is 6.29. The van der Waals surface area contributed by atoms with Gasteiger partial charge in [-0.05, 0) is 31.6 Å². The lowest BCUT2D eigenvalue weighted by atomic mass is 9.86. The Morgan fingerprint density at radius 1 is 1.32 bits per heavy atom. The molecule has 5 heteroatoms. The van der Waals surface area contributed by atoms with E-state index >= 15 is 0 Å². The minimum absolute atomic E-state index is 0.268. The van der Waals surface area contributed by atoms with Crippen molar-refractivity contribution < 1.29 is 5.11 Å². The van der Waals surface area contributed by atoms with Crippen molar-refractivity contribution >= 4 is 17.4 Å². The van der Waals surface area contributed by atoms with E-state index < -0.39 is 0 Å². The molecule has 1 aliphatic carbocycles. The van der Waals surface area contributed by atoms with E-state index in [1.54, 1.807) is 6.07 Å². The monoisotopic (exact) mass is 283 g/mol. The van der Waals surface area contributed by atoms with Crippen molar-refractivity contribution in [3.05, 3.63) is 17.0 Å². The standard InChI is InChI=1S/C14H22ClN3O/c1-9(2)14-17-12(15)7-13(18-14)16-11-5-3-10(8-19)4-6-11/h7,9-11,19H,3-6,8H2,1-2H3,(H,16,17,18). The van der Waals surface area contributed by atoms with Gasteiger partial charge >= 0.3 is 0 Å². The quantitative estimate of drug-likeness (QED) is 0.833. The van der Waals surface area contributed by atoms with Crippen molar-refractivity contribution in [2.75, 3.05) is 11.9 Å². The Bertz CT molecular complexity index is 417. The highest BCUT2D eigenvalue weighted by Crippen LogP contribution is 2.26. The molecule has 0 unspecified atom stereocenters. The molecule has 106 valence electrons. The Hall–Kier alpha value is -0.870. The van der Waals surface area contributed by atoms with Crippen LogP contribution in [0, 0.1) is 5.92 Å². The van der Waals surface area contributed by atoms with E-state index in [9.17, 15) is 0 Å². The fourth-order valence-corrected chi connectivity index (χ4v) is 2.66. The van der Waals surface area contributed by atoms with Crippen LogP contribution < -0.4 is 5.32 Å². The lowest BCUT2D eigenvalue weighted by Gasteiger charge is -2.28. The van der Waals surface area contributed by atoms with Crippen molar-refractivity contribution in [1.29, 1.82) is 0 Å². The molecular formula is C14H22ClN3O. The number of rotatable bonds is 4. The highest BCUT2D eigenvalue weighted by atomic mass is 35.5. The van der Waals surface area contributed by atoms with E-state index in [1.807, 2.05) is 0 Å². The van der Waals surface area contributed by atoms with Crippen molar-refractivity contribution in [3.8, 4) is 0 Å². The van der Waals surface area contributed by atoms with Gasteiger partial charge < -0.3 is 10.4 Å². The lowest BCUT2D eigenvalue weighted by Crippen LogP contribution is -2.27. The van der Waals surface area contributed by atoms with Gasteiger partial charge in [-0.2, -0.15) is 0 Å². The Balaban J connectivity index is 1.99. The van der Waals surface area contributed by atoms with Gasteiger partial charge in [0.1, 0.15) is 16.8 Å². The summed E-state index contributed by atoms with van der Waals surface area (Å²) >= 11 is 6.03. The molecule has 0 spiro atoms. The Labute approximate surface area is 119 Å². The van der Waals surface area contributed by atoms with Gasteiger partial charge in [0, 0.05) is 24.6 Å². The van der Waals surface area contributed by atoms with Gasteiger partial charge in [0.05, 0.1) is 0 Å². The number of aromatic nitrogens is 2. The zero-order chi connectivity index (χ0) is 13.8. The minimum atomic E-state index is 0.268. The lowest BCUT2D eigenvalue weighted by molar-refractivity contribution is 0.185. The molecule has 19 heavy (non-hydrogen) atoms. The average molecular weight is 284 g/mol. The zero-order valence-corrected chi connectivity index (χ0v) is 12.3. The van der Waals surface area contributed by atoms with Crippen LogP contribution >= 0.6 is 11.6 Å². The van der Waals surface area contributed by atoms with Gasteiger partial charge in [-0.1, -0.05) is 25.4 Å². The molecule has 0 aromatic carbocycles. The van der Waals surface area contributed by atoms with Crippen LogP contribution in [0.2, 0.25) is 5.15 Å². The van der Waals surface area contributed by atoms with E-state index in [2.05, 4.69) is 29.1 Å². The van der Waals surface area contributed by atoms with Crippen molar-refractivity contribution in [2.24, 2.45) is 5.92 Å². The first-order chi connectivity index (χ1) is 9.08. The normalized spacial score (nSPS) is 23.6. The van der Waals surface area contributed by atoms with Crippen LogP contribution in [0.4, 0.5) is 5.82 Å². The van der Waals surface area contributed by atoms with Crippen LogP contribution in [0.15, 0.2) is 6.07 Å². The van der Waals surface area contributed by atoms with Crippen LogP contribution in [0.3, 0.4) is 0 Å². The molecule has 0 amide bonds. The van der Waals surface area contributed by atoms with Gasteiger partial charge in [-0.3, -0.25) is 0 Å². The summed E-state index contributed by atoms with van der Waals surface area (Å²) in [5.74, 6) is 2.33. The van der Waals surface area contributed by atoms with E-state index in [0.717, 1.165) is 37.3 Å². The van der Waals surface area contributed by atoms with Gasteiger partial charge in [0.25, 0.3) is 0 Å². The average Bonchev–Trinajstić information content (AvgIpc) is 2.39. The number of hydrogen-bond donors (Lipinski definition) is 2. The van der Waals surface area contributed by atoms with E-state index in [4.69, 9.17) is 16.7 Å². The molecule has 1 aliphatic rings. The molecule has 2 N–H and O–H groups in total. The number of nitrogens with zero attached hydrogens (tertiary/aromatic N) is 2. The molecular weight excluding hydrogens is 262 g/mol. The number of aliphatic hydroxyl groups is 1. The molecule has 0 aliphatic heterocycles. The summed E-state index contributed by atoms with van der Waals surface area (Å²) < 4.78 is 0. The third-order valence-electron chi connectivity index (χ3n) is 3.69. The first-order valence-corrected chi connectivity index (χ1v) is 7.38. The SMILES string of the molecule is CC(C)c1nc(Cl)cc(NC2CCC(CO)CC2)n1. The molecule has 1 aromatic rings. The van der Waals surface area contributed by atoms with Crippen LogP contribution in [0.5, 0.6) is 0 Å². The van der Waals surface area contributed by atoms with Crippen LogP contribution in [-0.4, -0.2) is 27.7 Å². The third kappa shape index (κ3) is 4.05. The number of hydrogen-bond acceptors (Lipinski definition) is 4. The second-order valence-electron chi connectivity index (χ2n) is 5.63. The number of aliphatic hydroxyl groups excluding tert-OH is 1. The molecule has 1 aromatic heterocycles. The van der Waals surface area contributed by atoms with E-state index in [0.29, 0.717) is 23.7 Å². The minimum Gasteiger partial charge on any atom is -0.396 e. The number of anilines is 1. The molecule has 1 saturated carbocycles. The van der Waals surface area contributed by atoms with E-state index in [1.165, 1.54) is 0 Å². The molecule has 1 fully saturated rings. The fraction of sp³-hybridized carbons (Fsp3) is 0.714. The molecule has 4 nitrogen and oxygen atoms in total. The van der Waals surface area contributed by atoms with Gasteiger partial charge in [0.2, 0.25) is 0 Å². The highest BCUT2D eigenvalue weighted by Gasteiger charge is 2.21. The number of halogens is 1. The smallest absolute Gasteiger partial charge is 0.135 e. The van der Waals surface area contributed by atoms with Crippen molar-refractivity contribution in [1.82, 2.24) is 9.97 Å². The second-order valence-corrected chi connectivity index (χ2v) is 6.02. The summed E-state index contributed by atoms with van der Waals surface area (Å²) in [6.45, 7) is 4.42. The van der Waals surface area contributed by atoms with Crippen LogP contribution in [0.1, 0.15) is 51.3 Å². The predicted molar refractivity (Wildman–Crippen MR) is 77.6 cm³/mol. The maximum absolute atomic E-state index is 9.14. The largest absolute Gasteiger partial charge is 0.396 e. The summed E-state index contributed by atoms with van der Waals surface area (Å²) in [6, 6.07) is 2.21. The Morgan fingerprint density at radius 3 is 2.58 bits per heavy atom. The summed E-state index contributed by atoms with van der Waals surface area (Å²) in [5, 5.41) is 13.1. The molecule has 2 rings (SSSR count). The first kappa shape index (κ1) is 14.5. The van der Waals surface area contributed by atoms with Crippen LogP contribution in [0.25, 0.3) is 0 Å². The third-order valence-corrected chi connectivity index (χ3v) is 3.88.